The van der Waals surface area contributed by atoms with Crippen LogP contribution < -0.4 is 20.9 Å². The summed E-state index contributed by atoms with van der Waals surface area (Å²) in [6.45, 7) is 4.07. The molecule has 0 spiro atoms. The molecule has 2 aromatic carbocycles. The summed E-state index contributed by atoms with van der Waals surface area (Å²) >= 11 is 0. The van der Waals surface area contributed by atoms with Gasteiger partial charge in [0, 0.05) is 48.2 Å². The van der Waals surface area contributed by atoms with Gasteiger partial charge in [-0.2, -0.15) is 5.26 Å². The van der Waals surface area contributed by atoms with Gasteiger partial charge >= 0.3 is 6.09 Å². The lowest BCUT2D eigenvalue weighted by Crippen LogP contribution is -2.54. The number of oxazole rings is 1. The van der Waals surface area contributed by atoms with E-state index in [0.29, 0.717) is 41.7 Å². The van der Waals surface area contributed by atoms with Gasteiger partial charge in [-0.3, -0.25) is 5.32 Å². The van der Waals surface area contributed by atoms with Gasteiger partial charge in [-0.25, -0.2) is 9.78 Å². The van der Waals surface area contributed by atoms with Crippen molar-refractivity contribution in [3.05, 3.63) is 60.3 Å². The normalized spacial score (nSPS) is 21.1. The first-order chi connectivity index (χ1) is 19.1. The zero-order chi connectivity index (χ0) is 27.0. The minimum absolute atomic E-state index is 0.229. The molecule has 3 atom stereocenters. The standard InChI is InChI=1S/C30H36N6O3/c1-2-38-30(37)34-23-8-5-7-22(17-23)28-19-32-29(39-28)35-27-11-4-3-10-26(27)33-24-9-6-16-36(20-24)25-14-12-21(18-31)13-15-25/h5,7-8,12-15,17,19,24,26-27,33H,2-4,6,9-11,16,20H2,1H3,(H,32,35)(H,34,37)/t24-,26+,27+/m0/s1. The van der Waals surface area contributed by atoms with Crippen molar-refractivity contribution < 1.29 is 13.9 Å². The second-order valence-electron chi connectivity index (χ2n) is 10.2. The van der Waals surface area contributed by atoms with E-state index in [1.54, 1.807) is 13.1 Å². The molecule has 3 aromatic rings. The van der Waals surface area contributed by atoms with Gasteiger partial charge in [-0.15, -0.1) is 0 Å². The van der Waals surface area contributed by atoms with Gasteiger partial charge in [0.1, 0.15) is 0 Å². The summed E-state index contributed by atoms with van der Waals surface area (Å²) in [6.07, 6.45) is 8.06. The summed E-state index contributed by atoms with van der Waals surface area (Å²) in [5.41, 5.74) is 3.33. The Bertz CT molecular complexity index is 1280. The first-order valence-electron chi connectivity index (χ1n) is 13.9. The predicted octanol–water partition coefficient (Wildman–Crippen LogP) is 5.76. The smallest absolute Gasteiger partial charge is 0.411 e. The monoisotopic (exact) mass is 528 g/mol. The summed E-state index contributed by atoms with van der Waals surface area (Å²) in [7, 11) is 0. The number of hydrogen-bond acceptors (Lipinski definition) is 8. The molecule has 5 rings (SSSR count). The van der Waals surface area contributed by atoms with Crippen LogP contribution in [0, 0.1) is 11.3 Å². The molecule has 1 amide bonds. The Morgan fingerprint density at radius 2 is 1.95 bits per heavy atom. The van der Waals surface area contributed by atoms with Crippen molar-refractivity contribution in [3.8, 4) is 17.4 Å². The third-order valence-corrected chi connectivity index (χ3v) is 7.48. The highest BCUT2D eigenvalue weighted by molar-refractivity contribution is 5.85. The molecule has 1 aromatic heterocycles. The average molecular weight is 529 g/mol. The van der Waals surface area contributed by atoms with Gasteiger partial charge in [0.15, 0.2) is 5.76 Å². The maximum atomic E-state index is 11.8. The first-order valence-corrected chi connectivity index (χ1v) is 13.9. The summed E-state index contributed by atoms with van der Waals surface area (Å²) in [6, 6.07) is 19.0. The third kappa shape index (κ3) is 6.89. The van der Waals surface area contributed by atoms with Gasteiger partial charge in [-0.1, -0.05) is 25.0 Å². The summed E-state index contributed by atoms with van der Waals surface area (Å²) in [5.74, 6) is 0.635. The van der Waals surface area contributed by atoms with E-state index in [1.165, 1.54) is 18.5 Å². The van der Waals surface area contributed by atoms with Gasteiger partial charge in [-0.05, 0) is 69.0 Å². The maximum Gasteiger partial charge on any atom is 0.411 e. The van der Waals surface area contributed by atoms with Crippen LogP contribution >= 0.6 is 0 Å². The molecule has 204 valence electrons. The van der Waals surface area contributed by atoms with Gasteiger partial charge in [0.25, 0.3) is 6.01 Å². The van der Waals surface area contributed by atoms with E-state index in [4.69, 9.17) is 14.4 Å². The number of ether oxygens (including phenoxy) is 1. The Hall–Kier alpha value is -4.03. The molecule has 1 saturated heterocycles. The largest absolute Gasteiger partial charge is 0.450 e. The third-order valence-electron chi connectivity index (χ3n) is 7.48. The van der Waals surface area contributed by atoms with Crippen molar-refractivity contribution in [1.29, 1.82) is 5.26 Å². The topological polar surface area (TPSA) is 115 Å². The summed E-state index contributed by atoms with van der Waals surface area (Å²) in [4.78, 5) is 18.7. The molecule has 9 nitrogen and oxygen atoms in total. The Morgan fingerprint density at radius 3 is 2.74 bits per heavy atom. The number of anilines is 3. The minimum atomic E-state index is -0.483. The van der Waals surface area contributed by atoms with Crippen molar-refractivity contribution >= 4 is 23.5 Å². The quantitative estimate of drug-likeness (QED) is 0.338. The molecule has 1 saturated carbocycles. The lowest BCUT2D eigenvalue weighted by molar-refractivity contribution is 0.168. The molecule has 0 bridgehead atoms. The molecular weight excluding hydrogens is 492 g/mol. The Labute approximate surface area is 229 Å². The average Bonchev–Trinajstić information content (AvgIpc) is 3.43. The molecule has 1 aliphatic heterocycles. The van der Waals surface area contributed by atoms with E-state index >= 15 is 0 Å². The van der Waals surface area contributed by atoms with E-state index in [2.05, 4.69) is 44.0 Å². The van der Waals surface area contributed by atoms with E-state index in [9.17, 15) is 4.79 Å². The highest BCUT2D eigenvalue weighted by Gasteiger charge is 2.30. The van der Waals surface area contributed by atoms with Crippen LogP contribution in [0.4, 0.5) is 22.2 Å². The zero-order valence-electron chi connectivity index (χ0n) is 22.4. The van der Waals surface area contributed by atoms with Crippen molar-refractivity contribution in [2.75, 3.05) is 35.2 Å². The van der Waals surface area contributed by atoms with E-state index in [0.717, 1.165) is 44.3 Å². The number of rotatable bonds is 8. The molecule has 3 N–H and O–H groups in total. The van der Waals surface area contributed by atoms with Gasteiger partial charge in [0.05, 0.1) is 24.4 Å². The second kappa shape index (κ2) is 12.7. The molecular formula is C30H36N6O3. The molecule has 2 aliphatic rings. The lowest BCUT2D eigenvalue weighted by atomic mass is 9.89. The molecule has 2 fully saturated rings. The highest BCUT2D eigenvalue weighted by Crippen LogP contribution is 2.29. The summed E-state index contributed by atoms with van der Waals surface area (Å²) in [5, 5.41) is 19.3. The Kier molecular flexibility index (Phi) is 8.64. The van der Waals surface area contributed by atoms with Crippen LogP contribution in [0.2, 0.25) is 0 Å². The van der Waals surface area contributed by atoms with Crippen molar-refractivity contribution in [3.63, 3.8) is 0 Å². The number of carbonyl (C=O) groups is 1. The molecule has 2 heterocycles. The maximum absolute atomic E-state index is 11.8. The number of benzene rings is 2. The fraction of sp³-hybridized carbons (Fsp3) is 0.433. The number of nitrogens with one attached hydrogen (secondary N) is 3. The van der Waals surface area contributed by atoms with Crippen LogP contribution in [-0.2, 0) is 4.74 Å². The van der Waals surface area contributed by atoms with E-state index in [-0.39, 0.29) is 6.04 Å². The lowest BCUT2D eigenvalue weighted by Gasteiger charge is -2.40. The molecule has 0 unspecified atom stereocenters. The van der Waals surface area contributed by atoms with Crippen molar-refractivity contribution in [2.45, 2.75) is 63.6 Å². The zero-order valence-corrected chi connectivity index (χ0v) is 22.4. The number of piperidine rings is 1. The number of nitriles is 1. The van der Waals surface area contributed by atoms with Crippen LogP contribution in [0.5, 0.6) is 0 Å². The molecule has 0 radical (unpaired) electrons. The number of nitrogens with zero attached hydrogens (tertiary/aromatic N) is 3. The number of hydrogen-bond donors (Lipinski definition) is 3. The van der Waals surface area contributed by atoms with E-state index in [1.807, 2.05) is 36.4 Å². The first kappa shape index (κ1) is 26.6. The van der Waals surface area contributed by atoms with Crippen molar-refractivity contribution in [2.24, 2.45) is 0 Å². The number of carbonyl (C=O) groups excluding carboxylic acids is 1. The SMILES string of the molecule is CCOC(=O)Nc1cccc(-c2cnc(N[C@@H]3CCCC[C@H]3N[C@H]3CCCN(c4ccc(C#N)cc4)C3)o2)c1. The Morgan fingerprint density at radius 1 is 1.13 bits per heavy atom. The Balaban J connectivity index is 1.20. The van der Waals surface area contributed by atoms with Crippen LogP contribution in [0.1, 0.15) is 51.0 Å². The minimum Gasteiger partial charge on any atom is -0.450 e. The van der Waals surface area contributed by atoms with Crippen molar-refractivity contribution in [1.82, 2.24) is 10.3 Å². The predicted molar refractivity (Wildman–Crippen MR) is 152 cm³/mol. The molecule has 1 aliphatic carbocycles. The summed E-state index contributed by atoms with van der Waals surface area (Å²) < 4.78 is 11.1. The van der Waals surface area contributed by atoms with Crippen LogP contribution in [-0.4, -0.2) is 48.9 Å². The second-order valence-corrected chi connectivity index (χ2v) is 10.2. The van der Waals surface area contributed by atoms with Crippen LogP contribution in [0.3, 0.4) is 0 Å². The van der Waals surface area contributed by atoms with Gasteiger partial charge in [0.2, 0.25) is 0 Å². The molecule has 39 heavy (non-hydrogen) atoms. The van der Waals surface area contributed by atoms with Crippen LogP contribution in [0.25, 0.3) is 11.3 Å². The van der Waals surface area contributed by atoms with Crippen LogP contribution in [0.15, 0.2) is 59.1 Å². The molecule has 9 heteroatoms. The highest BCUT2D eigenvalue weighted by atomic mass is 16.5. The number of aromatic nitrogens is 1. The number of amides is 1. The van der Waals surface area contributed by atoms with E-state index < -0.39 is 6.09 Å². The fourth-order valence-corrected chi connectivity index (χ4v) is 5.57. The van der Waals surface area contributed by atoms with Gasteiger partial charge < -0.3 is 24.7 Å². The fourth-order valence-electron chi connectivity index (χ4n) is 5.57.